The third-order valence-electron chi connectivity index (χ3n) is 4.19. The Balaban J connectivity index is 1.64. The second-order valence-corrected chi connectivity index (χ2v) is 7.89. The van der Waals surface area contributed by atoms with Gasteiger partial charge in [-0.3, -0.25) is 9.69 Å². The molecule has 2 aliphatic rings. The standard InChI is InChI=1S/C14H21N3O2S2/c1-11-15-8-12(21-11)13(18)16-9-14(2-7-20-10-14)17-3-5-19-6-4-17/h8H,2-7,9-10H2,1H3,(H,16,18). The number of carbonyl (C=O) groups is 1. The molecule has 0 aromatic carbocycles. The van der Waals surface area contributed by atoms with Crippen LogP contribution in [0.2, 0.25) is 0 Å². The number of morpholine rings is 1. The molecule has 1 N–H and O–H groups in total. The van der Waals surface area contributed by atoms with Crippen molar-refractivity contribution in [2.75, 3.05) is 44.4 Å². The van der Waals surface area contributed by atoms with E-state index in [1.807, 2.05) is 18.7 Å². The Morgan fingerprint density at radius 3 is 2.95 bits per heavy atom. The molecule has 0 saturated carbocycles. The molecule has 1 atom stereocenters. The average molecular weight is 327 g/mol. The number of nitrogens with one attached hydrogen (secondary N) is 1. The zero-order chi connectivity index (χ0) is 14.7. The highest BCUT2D eigenvalue weighted by atomic mass is 32.2. The van der Waals surface area contributed by atoms with Crippen molar-refractivity contribution in [3.05, 3.63) is 16.1 Å². The first-order chi connectivity index (χ1) is 10.2. The molecule has 1 aromatic rings. The maximum atomic E-state index is 12.2. The third-order valence-corrected chi connectivity index (χ3v) is 6.33. The van der Waals surface area contributed by atoms with Crippen molar-refractivity contribution in [3.8, 4) is 0 Å². The van der Waals surface area contributed by atoms with Crippen molar-refractivity contribution in [2.45, 2.75) is 18.9 Å². The SMILES string of the molecule is Cc1ncc(C(=O)NCC2(N3CCOCC3)CCSC2)s1. The van der Waals surface area contributed by atoms with Gasteiger partial charge in [-0.2, -0.15) is 11.8 Å². The number of hydrogen-bond acceptors (Lipinski definition) is 6. The summed E-state index contributed by atoms with van der Waals surface area (Å²) >= 11 is 3.43. The summed E-state index contributed by atoms with van der Waals surface area (Å²) in [4.78, 5) is 19.6. The van der Waals surface area contributed by atoms with Crippen molar-refractivity contribution >= 4 is 29.0 Å². The first kappa shape index (κ1) is 15.3. The molecule has 1 aromatic heterocycles. The van der Waals surface area contributed by atoms with Gasteiger partial charge in [0.15, 0.2) is 0 Å². The number of aromatic nitrogens is 1. The van der Waals surface area contributed by atoms with Crippen LogP contribution < -0.4 is 5.32 Å². The second-order valence-electron chi connectivity index (χ2n) is 5.55. The number of carbonyl (C=O) groups excluding carboxylic acids is 1. The van der Waals surface area contributed by atoms with Gasteiger partial charge in [0, 0.05) is 30.9 Å². The van der Waals surface area contributed by atoms with Gasteiger partial charge < -0.3 is 10.1 Å². The van der Waals surface area contributed by atoms with Crippen LogP contribution in [0.4, 0.5) is 0 Å². The molecule has 0 bridgehead atoms. The highest BCUT2D eigenvalue weighted by molar-refractivity contribution is 7.99. The number of thioether (sulfide) groups is 1. The number of amides is 1. The number of hydrogen-bond donors (Lipinski definition) is 1. The Labute approximate surface area is 133 Å². The fourth-order valence-electron chi connectivity index (χ4n) is 2.93. The lowest BCUT2D eigenvalue weighted by atomic mass is 9.95. The quantitative estimate of drug-likeness (QED) is 0.906. The highest BCUT2D eigenvalue weighted by Crippen LogP contribution is 2.33. The molecule has 2 aliphatic heterocycles. The minimum atomic E-state index is 0.00475. The fourth-order valence-corrected chi connectivity index (χ4v) is 5.10. The maximum Gasteiger partial charge on any atom is 0.263 e. The van der Waals surface area contributed by atoms with E-state index >= 15 is 0 Å². The van der Waals surface area contributed by atoms with Crippen molar-refractivity contribution in [3.63, 3.8) is 0 Å². The number of nitrogens with zero attached hydrogens (tertiary/aromatic N) is 2. The number of thiazole rings is 1. The average Bonchev–Trinajstić information content (AvgIpc) is 3.16. The smallest absolute Gasteiger partial charge is 0.263 e. The second kappa shape index (κ2) is 6.64. The summed E-state index contributed by atoms with van der Waals surface area (Å²) in [5, 5.41) is 4.06. The minimum absolute atomic E-state index is 0.00475. The fraction of sp³-hybridized carbons (Fsp3) is 0.714. The molecule has 2 saturated heterocycles. The summed E-state index contributed by atoms with van der Waals surface area (Å²) in [6.45, 7) is 6.18. The molecule has 5 nitrogen and oxygen atoms in total. The van der Waals surface area contributed by atoms with Crippen LogP contribution >= 0.6 is 23.1 Å². The van der Waals surface area contributed by atoms with Gasteiger partial charge in [-0.05, 0) is 19.1 Å². The highest BCUT2D eigenvalue weighted by Gasteiger charge is 2.40. The predicted molar refractivity (Wildman–Crippen MR) is 86.2 cm³/mol. The van der Waals surface area contributed by atoms with Crippen LogP contribution in [0.5, 0.6) is 0 Å². The topological polar surface area (TPSA) is 54.5 Å². The van der Waals surface area contributed by atoms with Crippen molar-refractivity contribution in [2.24, 2.45) is 0 Å². The first-order valence-corrected chi connectivity index (χ1v) is 9.28. The maximum absolute atomic E-state index is 12.2. The zero-order valence-corrected chi connectivity index (χ0v) is 13.9. The normalized spacial score (nSPS) is 26.9. The van der Waals surface area contributed by atoms with Gasteiger partial charge >= 0.3 is 0 Å². The van der Waals surface area contributed by atoms with Gasteiger partial charge in [0.25, 0.3) is 5.91 Å². The molecule has 1 unspecified atom stereocenters. The van der Waals surface area contributed by atoms with Crippen LogP contribution in [-0.4, -0.2) is 65.7 Å². The van der Waals surface area contributed by atoms with Crippen LogP contribution in [0.1, 0.15) is 21.1 Å². The Morgan fingerprint density at radius 2 is 2.33 bits per heavy atom. The molecule has 7 heteroatoms. The van der Waals surface area contributed by atoms with Gasteiger partial charge in [-0.1, -0.05) is 0 Å². The Morgan fingerprint density at radius 1 is 1.52 bits per heavy atom. The van der Waals surface area contributed by atoms with E-state index in [0.717, 1.165) is 50.0 Å². The van der Waals surface area contributed by atoms with E-state index in [1.54, 1.807) is 6.20 Å². The van der Waals surface area contributed by atoms with Crippen molar-refractivity contribution < 1.29 is 9.53 Å². The molecule has 3 heterocycles. The Kier molecular flexibility index (Phi) is 4.83. The van der Waals surface area contributed by atoms with E-state index < -0.39 is 0 Å². The molecule has 116 valence electrons. The van der Waals surface area contributed by atoms with Crippen LogP contribution in [0.15, 0.2) is 6.20 Å². The van der Waals surface area contributed by atoms with Crippen LogP contribution in [0.3, 0.4) is 0 Å². The van der Waals surface area contributed by atoms with E-state index in [2.05, 4.69) is 15.2 Å². The van der Waals surface area contributed by atoms with Crippen molar-refractivity contribution in [1.82, 2.24) is 15.2 Å². The van der Waals surface area contributed by atoms with Crippen molar-refractivity contribution in [1.29, 1.82) is 0 Å². The lowest BCUT2D eigenvalue weighted by Crippen LogP contribution is -2.59. The van der Waals surface area contributed by atoms with E-state index in [0.29, 0.717) is 4.88 Å². The van der Waals surface area contributed by atoms with Gasteiger partial charge in [-0.25, -0.2) is 4.98 Å². The van der Waals surface area contributed by atoms with Crippen LogP contribution in [-0.2, 0) is 4.74 Å². The molecule has 3 rings (SSSR count). The monoisotopic (exact) mass is 327 g/mol. The van der Waals surface area contributed by atoms with E-state index in [9.17, 15) is 4.79 Å². The predicted octanol–water partition coefficient (Wildman–Crippen LogP) is 1.39. The summed E-state index contributed by atoms with van der Waals surface area (Å²) in [7, 11) is 0. The summed E-state index contributed by atoms with van der Waals surface area (Å²) in [6, 6.07) is 0. The summed E-state index contributed by atoms with van der Waals surface area (Å²) < 4.78 is 5.46. The van der Waals surface area contributed by atoms with Crippen LogP contribution in [0.25, 0.3) is 0 Å². The number of aryl methyl sites for hydroxylation is 1. The van der Waals surface area contributed by atoms with Gasteiger partial charge in [-0.15, -0.1) is 11.3 Å². The van der Waals surface area contributed by atoms with Gasteiger partial charge in [0.05, 0.1) is 24.4 Å². The molecule has 0 spiro atoms. The third kappa shape index (κ3) is 3.41. The number of ether oxygens (including phenoxy) is 1. The Hall–Kier alpha value is -0.630. The molecular formula is C14H21N3O2S2. The van der Waals surface area contributed by atoms with Gasteiger partial charge in [0.2, 0.25) is 0 Å². The van der Waals surface area contributed by atoms with E-state index in [4.69, 9.17) is 4.74 Å². The molecule has 0 aliphatic carbocycles. The lowest BCUT2D eigenvalue weighted by Gasteiger charge is -2.43. The summed E-state index contributed by atoms with van der Waals surface area (Å²) in [6.07, 6.45) is 2.81. The molecule has 1 amide bonds. The number of rotatable bonds is 4. The van der Waals surface area contributed by atoms with Crippen LogP contribution in [0, 0.1) is 6.92 Å². The minimum Gasteiger partial charge on any atom is -0.379 e. The molecule has 21 heavy (non-hydrogen) atoms. The molecular weight excluding hydrogens is 306 g/mol. The summed E-state index contributed by atoms with van der Waals surface area (Å²) in [5.74, 6) is 2.27. The Bertz CT molecular complexity index is 494. The van der Waals surface area contributed by atoms with Gasteiger partial charge in [0.1, 0.15) is 4.88 Å². The lowest BCUT2D eigenvalue weighted by molar-refractivity contribution is -0.0129. The van der Waals surface area contributed by atoms with E-state index in [-0.39, 0.29) is 11.4 Å². The molecule has 0 radical (unpaired) electrons. The molecule has 2 fully saturated rings. The summed E-state index contributed by atoms with van der Waals surface area (Å²) in [5.41, 5.74) is 0.101. The van der Waals surface area contributed by atoms with E-state index in [1.165, 1.54) is 17.1 Å². The first-order valence-electron chi connectivity index (χ1n) is 7.31. The zero-order valence-electron chi connectivity index (χ0n) is 12.3. The largest absolute Gasteiger partial charge is 0.379 e.